The minimum Gasteiger partial charge on any atom is -0.508 e. The highest BCUT2D eigenvalue weighted by Crippen LogP contribution is 2.27. The number of aromatic nitrogens is 2. The molecule has 0 aliphatic rings. The lowest BCUT2D eigenvalue weighted by atomic mass is 10.2. The number of fused-ring (bicyclic) bond motifs is 1. The van der Waals surface area contributed by atoms with Gasteiger partial charge in [0, 0.05) is 12.1 Å². The molecule has 3 aromatic rings. The van der Waals surface area contributed by atoms with E-state index in [9.17, 15) is 15.0 Å². The molecule has 1 aromatic heterocycles. The van der Waals surface area contributed by atoms with Crippen LogP contribution < -0.4 is 10.3 Å². The van der Waals surface area contributed by atoms with Crippen LogP contribution in [0.1, 0.15) is 0 Å². The zero-order valence-corrected chi connectivity index (χ0v) is 11.1. The molecule has 0 atom stereocenters. The number of ether oxygens (including phenoxy) is 1. The van der Waals surface area contributed by atoms with E-state index < -0.39 is 0 Å². The second-order valence-electron chi connectivity index (χ2n) is 4.48. The van der Waals surface area contributed by atoms with Gasteiger partial charge in [-0.3, -0.25) is 9.36 Å². The van der Waals surface area contributed by atoms with Gasteiger partial charge in [-0.15, -0.1) is 0 Å². The molecule has 3 rings (SSSR count). The molecular formula is C15H12N2O4. The number of rotatable bonds is 2. The third-order valence-electron chi connectivity index (χ3n) is 3.16. The third kappa shape index (κ3) is 2.16. The fourth-order valence-electron chi connectivity index (χ4n) is 2.15. The van der Waals surface area contributed by atoms with E-state index in [1.165, 1.54) is 42.3 Å². The summed E-state index contributed by atoms with van der Waals surface area (Å²) in [5, 5.41) is 19.2. The van der Waals surface area contributed by atoms with Gasteiger partial charge < -0.3 is 14.9 Å². The van der Waals surface area contributed by atoms with Gasteiger partial charge in [-0.2, -0.15) is 0 Å². The van der Waals surface area contributed by atoms with Crippen LogP contribution in [0.15, 0.2) is 47.5 Å². The lowest BCUT2D eigenvalue weighted by molar-refractivity contribution is 0.412. The summed E-state index contributed by atoms with van der Waals surface area (Å²) < 4.78 is 6.49. The predicted octanol–water partition coefficient (Wildman–Crippen LogP) is 1.81. The van der Waals surface area contributed by atoms with Gasteiger partial charge in [0.1, 0.15) is 29.0 Å². The molecule has 0 bridgehead atoms. The fourth-order valence-corrected chi connectivity index (χ4v) is 2.15. The third-order valence-corrected chi connectivity index (χ3v) is 3.16. The van der Waals surface area contributed by atoms with Crippen molar-refractivity contribution < 1.29 is 14.9 Å². The van der Waals surface area contributed by atoms with Crippen LogP contribution in [0.25, 0.3) is 16.6 Å². The number of aromatic hydroxyl groups is 2. The topological polar surface area (TPSA) is 84.6 Å². The molecule has 2 N–H and O–H groups in total. The second kappa shape index (κ2) is 4.82. The maximum absolute atomic E-state index is 12.6. The molecule has 0 saturated carbocycles. The van der Waals surface area contributed by atoms with E-state index in [0.29, 0.717) is 11.2 Å². The molecule has 0 amide bonds. The summed E-state index contributed by atoms with van der Waals surface area (Å²) >= 11 is 0. The number of benzene rings is 2. The average Bonchev–Trinajstić information content (AvgIpc) is 2.48. The Kier molecular flexibility index (Phi) is 2.98. The highest BCUT2D eigenvalue weighted by Gasteiger charge is 2.12. The van der Waals surface area contributed by atoms with Gasteiger partial charge in [0.25, 0.3) is 5.56 Å². The highest BCUT2D eigenvalue weighted by atomic mass is 16.5. The van der Waals surface area contributed by atoms with Crippen LogP contribution >= 0.6 is 0 Å². The first kappa shape index (κ1) is 13.0. The van der Waals surface area contributed by atoms with Crippen molar-refractivity contribution >= 4 is 10.9 Å². The van der Waals surface area contributed by atoms with Gasteiger partial charge in [0.2, 0.25) is 0 Å². The van der Waals surface area contributed by atoms with Crippen molar-refractivity contribution in [1.29, 1.82) is 0 Å². The van der Waals surface area contributed by atoms with E-state index in [4.69, 9.17) is 4.74 Å². The van der Waals surface area contributed by atoms with Crippen molar-refractivity contribution in [3.63, 3.8) is 0 Å². The number of nitrogens with zero attached hydrogens (tertiary/aromatic N) is 2. The van der Waals surface area contributed by atoms with Crippen molar-refractivity contribution in [2.45, 2.75) is 0 Å². The molecule has 1 heterocycles. The molecule has 0 fully saturated rings. The first-order chi connectivity index (χ1) is 10.1. The SMILES string of the molecule is COc1cc(O)cc2ncn(-c3ccc(O)cc3)c(=O)c12. The van der Waals surface area contributed by atoms with Crippen LogP contribution in [0.5, 0.6) is 17.2 Å². The van der Waals surface area contributed by atoms with Gasteiger partial charge in [-0.1, -0.05) is 0 Å². The summed E-state index contributed by atoms with van der Waals surface area (Å²) in [4.78, 5) is 16.8. The smallest absolute Gasteiger partial charge is 0.269 e. The van der Waals surface area contributed by atoms with Gasteiger partial charge >= 0.3 is 0 Å². The predicted molar refractivity (Wildman–Crippen MR) is 77.2 cm³/mol. The van der Waals surface area contributed by atoms with Gasteiger partial charge in [0.15, 0.2) is 0 Å². The van der Waals surface area contributed by atoms with Gasteiger partial charge in [0.05, 0.1) is 18.3 Å². The Hall–Kier alpha value is -3.02. The quantitative estimate of drug-likeness (QED) is 0.749. The van der Waals surface area contributed by atoms with Crippen molar-refractivity contribution in [2.75, 3.05) is 7.11 Å². The lowest BCUT2D eigenvalue weighted by Crippen LogP contribution is -2.19. The summed E-state index contributed by atoms with van der Waals surface area (Å²) in [7, 11) is 1.42. The van der Waals surface area contributed by atoms with Crippen LogP contribution in [0.2, 0.25) is 0 Å². The summed E-state index contributed by atoms with van der Waals surface area (Å²) in [5.41, 5.74) is 0.608. The summed E-state index contributed by atoms with van der Waals surface area (Å²) in [6.07, 6.45) is 1.37. The molecule has 0 aliphatic heterocycles. The monoisotopic (exact) mass is 284 g/mol. The molecule has 2 aromatic carbocycles. The average molecular weight is 284 g/mol. The first-order valence-electron chi connectivity index (χ1n) is 6.18. The Balaban J connectivity index is 2.32. The fraction of sp³-hybridized carbons (Fsp3) is 0.0667. The van der Waals surface area contributed by atoms with Crippen LogP contribution in [-0.4, -0.2) is 26.9 Å². The zero-order valence-electron chi connectivity index (χ0n) is 11.1. The number of methoxy groups -OCH3 is 1. The molecule has 6 nitrogen and oxygen atoms in total. The van der Waals surface area contributed by atoms with Crippen molar-refractivity contribution in [3.05, 3.63) is 53.1 Å². The van der Waals surface area contributed by atoms with Crippen molar-refractivity contribution in [2.24, 2.45) is 0 Å². The standard InChI is InChI=1S/C15H12N2O4/c1-21-13-7-11(19)6-12-14(13)15(20)17(8-16-12)9-2-4-10(18)5-3-9/h2-8,18-19H,1H3. The van der Waals surface area contributed by atoms with E-state index in [-0.39, 0.29) is 28.2 Å². The van der Waals surface area contributed by atoms with Crippen LogP contribution in [0.3, 0.4) is 0 Å². The number of phenols is 2. The Morgan fingerprint density at radius 2 is 1.81 bits per heavy atom. The van der Waals surface area contributed by atoms with Crippen molar-refractivity contribution in [1.82, 2.24) is 9.55 Å². The molecule has 0 spiro atoms. The van der Waals surface area contributed by atoms with Gasteiger partial charge in [-0.05, 0) is 24.3 Å². The Morgan fingerprint density at radius 1 is 1.10 bits per heavy atom. The van der Waals surface area contributed by atoms with E-state index in [1.807, 2.05) is 0 Å². The molecule has 0 saturated heterocycles. The molecular weight excluding hydrogens is 272 g/mol. The minimum atomic E-state index is -0.317. The maximum Gasteiger partial charge on any atom is 0.269 e. The van der Waals surface area contributed by atoms with Gasteiger partial charge in [-0.25, -0.2) is 4.98 Å². The summed E-state index contributed by atoms with van der Waals surface area (Å²) in [6.45, 7) is 0. The normalized spacial score (nSPS) is 10.7. The zero-order chi connectivity index (χ0) is 15.0. The maximum atomic E-state index is 12.6. The molecule has 6 heteroatoms. The Bertz CT molecular complexity index is 869. The first-order valence-corrected chi connectivity index (χ1v) is 6.18. The summed E-state index contributed by atoms with van der Waals surface area (Å²) in [5.74, 6) is 0.354. The van der Waals surface area contributed by atoms with Crippen molar-refractivity contribution in [3.8, 4) is 22.9 Å². The molecule has 0 unspecified atom stereocenters. The number of hydrogen-bond acceptors (Lipinski definition) is 5. The molecule has 106 valence electrons. The molecule has 21 heavy (non-hydrogen) atoms. The van der Waals surface area contributed by atoms with Crippen LogP contribution in [-0.2, 0) is 0 Å². The highest BCUT2D eigenvalue weighted by molar-refractivity contribution is 5.85. The van der Waals surface area contributed by atoms with E-state index >= 15 is 0 Å². The largest absolute Gasteiger partial charge is 0.508 e. The van der Waals surface area contributed by atoms with Crippen LogP contribution in [0.4, 0.5) is 0 Å². The number of phenolic OH excluding ortho intramolecular Hbond substituents is 2. The minimum absolute atomic E-state index is 0.0198. The second-order valence-corrected chi connectivity index (χ2v) is 4.48. The summed E-state index contributed by atoms with van der Waals surface area (Å²) in [6, 6.07) is 8.96. The molecule has 0 radical (unpaired) electrons. The number of hydrogen-bond donors (Lipinski definition) is 2. The van der Waals surface area contributed by atoms with E-state index in [2.05, 4.69) is 4.98 Å². The Labute approximate surface area is 119 Å². The lowest BCUT2D eigenvalue weighted by Gasteiger charge is -2.09. The van der Waals surface area contributed by atoms with E-state index in [0.717, 1.165) is 0 Å². The van der Waals surface area contributed by atoms with E-state index in [1.54, 1.807) is 12.1 Å². The Morgan fingerprint density at radius 3 is 2.48 bits per heavy atom. The van der Waals surface area contributed by atoms with Crippen LogP contribution in [0, 0.1) is 0 Å². The molecule has 0 aliphatic carbocycles.